The summed E-state index contributed by atoms with van der Waals surface area (Å²) in [5.74, 6) is 1.23. The van der Waals surface area contributed by atoms with Crippen LogP contribution >= 0.6 is 0 Å². The third kappa shape index (κ3) is 2.90. The van der Waals surface area contributed by atoms with Crippen molar-refractivity contribution in [2.45, 2.75) is 19.2 Å². The molecule has 0 spiro atoms. The summed E-state index contributed by atoms with van der Waals surface area (Å²) in [6.45, 7) is 0.816. The Hall–Kier alpha value is -2.46. The van der Waals surface area contributed by atoms with Crippen LogP contribution < -0.4 is 37.5 Å². The quantitative estimate of drug-likeness (QED) is 0.432. The minimum atomic E-state index is -0.138. The SMILES string of the molecule is O=c1[nH]c(NCC2NNNN2)nc2c1Cc1ccccc1OC2. The van der Waals surface area contributed by atoms with Crippen LogP contribution in [0, 0.1) is 0 Å². The second-order valence-electron chi connectivity index (χ2n) is 5.39. The Kier molecular flexibility index (Phi) is 3.67. The van der Waals surface area contributed by atoms with Crippen molar-refractivity contribution in [2.75, 3.05) is 11.9 Å². The van der Waals surface area contributed by atoms with Gasteiger partial charge in [-0.2, -0.15) is 11.1 Å². The molecule has 9 heteroatoms. The van der Waals surface area contributed by atoms with Gasteiger partial charge in [-0.05, 0) is 11.6 Å². The van der Waals surface area contributed by atoms with E-state index >= 15 is 0 Å². The minimum Gasteiger partial charge on any atom is -0.487 e. The predicted octanol–water partition coefficient (Wildman–Crippen LogP) is -0.892. The summed E-state index contributed by atoms with van der Waals surface area (Å²) < 4.78 is 5.78. The van der Waals surface area contributed by atoms with E-state index in [4.69, 9.17) is 4.74 Å². The zero-order valence-electron chi connectivity index (χ0n) is 12.3. The molecule has 2 aliphatic heterocycles. The number of nitrogens with zero attached hydrogens (tertiary/aromatic N) is 1. The Balaban J connectivity index is 1.57. The van der Waals surface area contributed by atoms with Gasteiger partial charge in [0.05, 0.1) is 5.69 Å². The number of hydrogen-bond donors (Lipinski definition) is 6. The molecular weight excluding hydrogens is 298 g/mol. The molecule has 0 atom stereocenters. The molecule has 3 heterocycles. The predicted molar refractivity (Wildman–Crippen MR) is 83.3 cm³/mol. The highest BCUT2D eigenvalue weighted by Crippen LogP contribution is 2.25. The topological polar surface area (TPSA) is 115 Å². The Morgan fingerprint density at radius 3 is 2.96 bits per heavy atom. The van der Waals surface area contributed by atoms with Gasteiger partial charge in [0.1, 0.15) is 18.5 Å². The maximum absolute atomic E-state index is 12.4. The Morgan fingerprint density at radius 1 is 1.26 bits per heavy atom. The maximum atomic E-state index is 12.4. The van der Waals surface area contributed by atoms with E-state index in [1.165, 1.54) is 0 Å². The molecule has 0 unspecified atom stereocenters. The molecule has 9 nitrogen and oxygen atoms in total. The van der Waals surface area contributed by atoms with E-state index in [1.807, 2.05) is 24.3 Å². The first kappa shape index (κ1) is 14.2. The van der Waals surface area contributed by atoms with Gasteiger partial charge in [0.2, 0.25) is 5.95 Å². The van der Waals surface area contributed by atoms with Crippen molar-refractivity contribution in [2.24, 2.45) is 0 Å². The summed E-state index contributed by atoms with van der Waals surface area (Å²) in [6.07, 6.45) is 0.493. The summed E-state index contributed by atoms with van der Waals surface area (Å²) in [7, 11) is 0. The largest absolute Gasteiger partial charge is 0.487 e. The van der Waals surface area contributed by atoms with E-state index in [0.717, 1.165) is 11.3 Å². The summed E-state index contributed by atoms with van der Waals surface area (Å²) in [5.41, 5.74) is 13.5. The molecular formula is C14H17N7O2. The zero-order valence-corrected chi connectivity index (χ0v) is 12.3. The molecule has 1 saturated heterocycles. The first-order chi connectivity index (χ1) is 11.3. The zero-order chi connectivity index (χ0) is 15.6. The van der Waals surface area contributed by atoms with Crippen LogP contribution in [0.3, 0.4) is 0 Å². The highest BCUT2D eigenvalue weighted by Gasteiger charge is 2.19. The Bertz CT molecular complexity index is 770. The van der Waals surface area contributed by atoms with Crippen LogP contribution in [0.2, 0.25) is 0 Å². The highest BCUT2D eigenvalue weighted by atomic mass is 16.5. The lowest BCUT2D eigenvalue weighted by atomic mass is 10.1. The number of H-pyrrole nitrogens is 1. The fourth-order valence-corrected chi connectivity index (χ4v) is 2.64. The number of aromatic nitrogens is 2. The van der Waals surface area contributed by atoms with Crippen LogP contribution in [-0.2, 0) is 13.0 Å². The number of anilines is 1. The van der Waals surface area contributed by atoms with Crippen LogP contribution in [0.15, 0.2) is 29.1 Å². The van der Waals surface area contributed by atoms with Gasteiger partial charge >= 0.3 is 0 Å². The van der Waals surface area contributed by atoms with E-state index < -0.39 is 0 Å². The molecule has 0 saturated carbocycles. The molecule has 2 aliphatic rings. The van der Waals surface area contributed by atoms with E-state index in [-0.39, 0.29) is 18.3 Å². The molecule has 120 valence electrons. The third-order valence-electron chi connectivity index (χ3n) is 3.83. The first-order valence-electron chi connectivity index (χ1n) is 7.37. The lowest BCUT2D eigenvalue weighted by Crippen LogP contribution is -2.40. The van der Waals surface area contributed by atoms with Gasteiger partial charge in [0, 0.05) is 18.5 Å². The van der Waals surface area contributed by atoms with E-state index in [2.05, 4.69) is 37.2 Å². The van der Waals surface area contributed by atoms with Crippen LogP contribution in [0.4, 0.5) is 5.95 Å². The molecule has 4 rings (SSSR count). The van der Waals surface area contributed by atoms with Gasteiger partial charge in [-0.3, -0.25) is 9.78 Å². The average molecular weight is 315 g/mol. The Labute approximate surface area is 131 Å². The minimum absolute atomic E-state index is 0.0281. The Morgan fingerprint density at radius 2 is 2.09 bits per heavy atom. The number of aromatic amines is 1. The summed E-state index contributed by atoms with van der Waals surface area (Å²) >= 11 is 0. The van der Waals surface area contributed by atoms with Gasteiger partial charge < -0.3 is 10.1 Å². The maximum Gasteiger partial charge on any atom is 0.256 e. The number of para-hydroxylation sites is 1. The second-order valence-corrected chi connectivity index (χ2v) is 5.39. The number of rotatable bonds is 3. The average Bonchev–Trinajstić information content (AvgIpc) is 3.01. The fourth-order valence-electron chi connectivity index (χ4n) is 2.64. The summed E-state index contributed by atoms with van der Waals surface area (Å²) in [4.78, 5) is 19.7. The van der Waals surface area contributed by atoms with Crippen molar-refractivity contribution in [3.63, 3.8) is 0 Å². The molecule has 1 aromatic carbocycles. The van der Waals surface area contributed by atoms with Crippen LogP contribution in [-0.4, -0.2) is 22.7 Å². The molecule has 2 aromatic rings. The molecule has 0 bridgehead atoms. The van der Waals surface area contributed by atoms with Crippen molar-refractivity contribution in [1.29, 1.82) is 0 Å². The standard InChI is InChI=1S/C14H17N7O2/c22-13-9-5-8-3-1-2-4-11(8)23-7-10(9)16-14(17-13)15-6-12-18-20-21-19-12/h1-4,12,18-21H,5-7H2,(H2,15,16,17,22). The summed E-state index contributed by atoms with van der Waals surface area (Å²) in [6, 6.07) is 7.73. The van der Waals surface area contributed by atoms with Crippen molar-refractivity contribution >= 4 is 5.95 Å². The van der Waals surface area contributed by atoms with Crippen LogP contribution in [0.25, 0.3) is 0 Å². The van der Waals surface area contributed by atoms with Gasteiger partial charge in [-0.1, -0.05) is 18.2 Å². The molecule has 0 radical (unpaired) electrons. The van der Waals surface area contributed by atoms with Crippen molar-refractivity contribution < 1.29 is 4.74 Å². The molecule has 6 N–H and O–H groups in total. The van der Waals surface area contributed by atoms with Gasteiger partial charge in [-0.15, -0.1) is 0 Å². The van der Waals surface area contributed by atoms with E-state index in [0.29, 0.717) is 30.2 Å². The third-order valence-corrected chi connectivity index (χ3v) is 3.83. The number of hydrazine groups is 3. The first-order valence-corrected chi connectivity index (χ1v) is 7.37. The molecule has 0 aliphatic carbocycles. The number of hydrogen-bond acceptors (Lipinski definition) is 8. The molecule has 1 aromatic heterocycles. The van der Waals surface area contributed by atoms with Crippen LogP contribution in [0.5, 0.6) is 5.75 Å². The number of nitrogens with one attached hydrogen (secondary N) is 6. The van der Waals surface area contributed by atoms with Gasteiger partial charge in [-0.25, -0.2) is 15.8 Å². The van der Waals surface area contributed by atoms with E-state index in [1.54, 1.807) is 0 Å². The summed E-state index contributed by atoms with van der Waals surface area (Å²) in [5, 5.41) is 3.09. The lowest BCUT2D eigenvalue weighted by Gasteiger charge is -2.12. The normalized spacial score (nSPS) is 17.0. The van der Waals surface area contributed by atoms with Crippen LogP contribution in [0.1, 0.15) is 16.8 Å². The van der Waals surface area contributed by atoms with Crippen molar-refractivity contribution in [1.82, 2.24) is 31.9 Å². The van der Waals surface area contributed by atoms with Gasteiger partial charge in [0.25, 0.3) is 5.56 Å². The number of fused-ring (bicyclic) bond motifs is 2. The second kappa shape index (κ2) is 5.97. The smallest absolute Gasteiger partial charge is 0.256 e. The highest BCUT2D eigenvalue weighted by molar-refractivity contribution is 5.41. The van der Waals surface area contributed by atoms with E-state index in [9.17, 15) is 4.79 Å². The lowest BCUT2D eigenvalue weighted by molar-refractivity contribution is 0.302. The fraction of sp³-hybridized carbons (Fsp3) is 0.286. The van der Waals surface area contributed by atoms with Crippen molar-refractivity contribution in [3.8, 4) is 5.75 Å². The molecule has 1 fully saturated rings. The monoisotopic (exact) mass is 315 g/mol. The number of benzene rings is 1. The molecule has 23 heavy (non-hydrogen) atoms. The molecule has 0 amide bonds. The van der Waals surface area contributed by atoms with Crippen molar-refractivity contribution in [3.05, 3.63) is 51.4 Å². The number of ether oxygens (including phenoxy) is 1. The van der Waals surface area contributed by atoms with Gasteiger partial charge in [0.15, 0.2) is 0 Å².